The molecule has 0 aromatic heterocycles. The van der Waals surface area contributed by atoms with Crippen molar-refractivity contribution in [1.29, 1.82) is 0 Å². The summed E-state index contributed by atoms with van der Waals surface area (Å²) in [6.07, 6.45) is 30.6. The van der Waals surface area contributed by atoms with E-state index in [-0.39, 0.29) is 42.7 Å². The van der Waals surface area contributed by atoms with Crippen LogP contribution in [0.25, 0.3) is 0 Å². The summed E-state index contributed by atoms with van der Waals surface area (Å²) in [4.78, 5) is 36.5. The molecule has 0 aromatic carbocycles. The predicted octanol–water partition coefficient (Wildman–Crippen LogP) is 8.02. The van der Waals surface area contributed by atoms with Crippen LogP contribution in [0.3, 0.4) is 0 Å². The van der Waals surface area contributed by atoms with E-state index in [2.05, 4.69) is 38.2 Å². The Hall–Kier alpha value is -2.19. The molecule has 0 aliphatic heterocycles. The standard InChI is InChI=1S/C39H71NO7/c1-6-8-10-12-14-16-18-19-20-22-23-25-27-29-37(41)46-34-35(33-45-32-31-36(39(43)44)40(3,4)5)47-38(42)30-28-26-24-21-17-15-13-11-9-7-2/h13,15,19-20,35-36H,6-12,14,16-18,21-34H2,1-5H3/b15-13+,20-19+. The molecule has 8 heteroatoms. The number of unbranched alkanes of at least 4 members (excludes halogenated alkanes) is 15. The minimum Gasteiger partial charge on any atom is -0.544 e. The van der Waals surface area contributed by atoms with Gasteiger partial charge in [0, 0.05) is 19.3 Å². The minimum atomic E-state index is -1.13. The van der Waals surface area contributed by atoms with Gasteiger partial charge in [-0.2, -0.15) is 0 Å². The van der Waals surface area contributed by atoms with Crippen LogP contribution in [-0.2, 0) is 28.6 Å². The van der Waals surface area contributed by atoms with Crippen LogP contribution in [0.1, 0.15) is 155 Å². The van der Waals surface area contributed by atoms with Gasteiger partial charge in [-0.25, -0.2) is 0 Å². The lowest BCUT2D eigenvalue weighted by molar-refractivity contribution is -0.889. The fourth-order valence-corrected chi connectivity index (χ4v) is 5.28. The van der Waals surface area contributed by atoms with E-state index < -0.39 is 18.1 Å². The van der Waals surface area contributed by atoms with Crippen molar-refractivity contribution in [3.05, 3.63) is 24.3 Å². The van der Waals surface area contributed by atoms with Crippen molar-refractivity contribution < 1.29 is 38.2 Å². The Kier molecular flexibility index (Phi) is 29.7. The van der Waals surface area contributed by atoms with Crippen LogP contribution in [0.4, 0.5) is 0 Å². The lowest BCUT2D eigenvalue weighted by Crippen LogP contribution is -2.55. The fraction of sp³-hybridized carbons (Fsp3) is 0.821. The highest BCUT2D eigenvalue weighted by Gasteiger charge is 2.25. The van der Waals surface area contributed by atoms with E-state index in [0.29, 0.717) is 12.8 Å². The van der Waals surface area contributed by atoms with Crippen LogP contribution in [0.5, 0.6) is 0 Å². The van der Waals surface area contributed by atoms with Crippen LogP contribution >= 0.6 is 0 Å². The third-order valence-electron chi connectivity index (χ3n) is 8.31. The maximum absolute atomic E-state index is 12.6. The molecular formula is C39H71NO7. The molecule has 0 aliphatic carbocycles. The Morgan fingerprint density at radius 3 is 1.62 bits per heavy atom. The SMILES string of the molecule is CCCC/C=C/CCCCCCC(=O)OC(COCCC(C(=O)[O-])[N+](C)(C)C)COC(=O)CCCCC/C=C/CCCCCCCC. The molecule has 0 bridgehead atoms. The number of likely N-dealkylation sites (N-methyl/N-ethyl adjacent to an activating group) is 1. The molecule has 274 valence electrons. The summed E-state index contributed by atoms with van der Waals surface area (Å²) in [5.41, 5.74) is 0. The highest BCUT2D eigenvalue weighted by atomic mass is 16.6. The number of esters is 2. The summed E-state index contributed by atoms with van der Waals surface area (Å²) in [5.74, 6) is -1.78. The van der Waals surface area contributed by atoms with Crippen molar-refractivity contribution in [3.8, 4) is 0 Å². The zero-order valence-corrected chi connectivity index (χ0v) is 30.9. The Labute approximate surface area is 288 Å². The quantitative estimate of drug-likeness (QED) is 0.0303. The summed E-state index contributed by atoms with van der Waals surface area (Å²) in [5, 5.41) is 11.6. The number of carbonyl (C=O) groups excluding carboxylic acids is 3. The monoisotopic (exact) mass is 666 g/mol. The highest BCUT2D eigenvalue weighted by molar-refractivity contribution is 5.70. The lowest BCUT2D eigenvalue weighted by Gasteiger charge is -2.34. The summed E-state index contributed by atoms with van der Waals surface area (Å²) in [6.45, 7) is 4.56. The topological polar surface area (TPSA) is 102 Å². The van der Waals surface area contributed by atoms with E-state index in [1.807, 2.05) is 0 Å². The number of ether oxygens (including phenoxy) is 3. The normalized spacial score (nSPS) is 13.3. The van der Waals surface area contributed by atoms with Crippen molar-refractivity contribution in [2.24, 2.45) is 0 Å². The second-order valence-corrected chi connectivity index (χ2v) is 13.8. The molecule has 47 heavy (non-hydrogen) atoms. The second-order valence-electron chi connectivity index (χ2n) is 13.8. The number of rotatable bonds is 33. The number of nitrogens with zero attached hydrogens (tertiary/aromatic N) is 1. The van der Waals surface area contributed by atoms with Gasteiger partial charge in [-0.1, -0.05) is 102 Å². The minimum absolute atomic E-state index is 0.0331. The van der Waals surface area contributed by atoms with E-state index in [1.165, 1.54) is 51.4 Å². The smallest absolute Gasteiger partial charge is 0.306 e. The van der Waals surface area contributed by atoms with Gasteiger partial charge in [0.15, 0.2) is 6.10 Å². The van der Waals surface area contributed by atoms with Gasteiger partial charge in [0.05, 0.1) is 40.3 Å². The second kappa shape index (κ2) is 31.1. The molecule has 0 amide bonds. The van der Waals surface area contributed by atoms with Crippen LogP contribution in [0.15, 0.2) is 24.3 Å². The number of carboxylic acid groups (broad SMARTS) is 1. The van der Waals surface area contributed by atoms with Crippen molar-refractivity contribution in [2.45, 2.75) is 167 Å². The molecule has 2 unspecified atom stereocenters. The van der Waals surface area contributed by atoms with E-state index in [0.717, 1.165) is 70.6 Å². The van der Waals surface area contributed by atoms with Gasteiger partial charge in [0.2, 0.25) is 0 Å². The number of carboxylic acids is 1. The Morgan fingerprint density at radius 1 is 0.617 bits per heavy atom. The van der Waals surface area contributed by atoms with Gasteiger partial charge in [0.1, 0.15) is 12.6 Å². The third kappa shape index (κ3) is 29.7. The molecule has 2 atom stereocenters. The first kappa shape index (κ1) is 44.8. The van der Waals surface area contributed by atoms with Gasteiger partial charge in [-0.05, 0) is 57.8 Å². The van der Waals surface area contributed by atoms with Crippen LogP contribution < -0.4 is 5.11 Å². The summed E-state index contributed by atoms with van der Waals surface area (Å²) < 4.78 is 17.0. The molecular weight excluding hydrogens is 594 g/mol. The number of hydrogen-bond acceptors (Lipinski definition) is 7. The molecule has 0 heterocycles. The number of aliphatic carboxylic acids is 1. The van der Waals surface area contributed by atoms with Crippen molar-refractivity contribution >= 4 is 17.9 Å². The van der Waals surface area contributed by atoms with Gasteiger partial charge in [0.25, 0.3) is 0 Å². The number of allylic oxidation sites excluding steroid dienone is 4. The molecule has 0 radical (unpaired) electrons. The van der Waals surface area contributed by atoms with Gasteiger partial charge >= 0.3 is 11.9 Å². The van der Waals surface area contributed by atoms with E-state index in [1.54, 1.807) is 21.1 Å². The maximum atomic E-state index is 12.6. The van der Waals surface area contributed by atoms with Gasteiger partial charge < -0.3 is 28.6 Å². The molecule has 0 N–H and O–H groups in total. The Morgan fingerprint density at radius 2 is 1.09 bits per heavy atom. The first-order valence-electron chi connectivity index (χ1n) is 18.9. The zero-order valence-electron chi connectivity index (χ0n) is 30.9. The predicted molar refractivity (Wildman–Crippen MR) is 190 cm³/mol. The number of quaternary nitrogens is 1. The van der Waals surface area contributed by atoms with E-state index in [9.17, 15) is 19.5 Å². The van der Waals surface area contributed by atoms with Crippen LogP contribution in [-0.4, -0.2) is 75.5 Å². The first-order valence-corrected chi connectivity index (χ1v) is 18.9. The molecule has 8 nitrogen and oxygen atoms in total. The summed E-state index contributed by atoms with van der Waals surface area (Å²) >= 11 is 0. The lowest BCUT2D eigenvalue weighted by atomic mass is 10.1. The molecule has 0 aromatic rings. The average Bonchev–Trinajstić information content (AvgIpc) is 3.01. The fourth-order valence-electron chi connectivity index (χ4n) is 5.28. The molecule has 0 spiro atoms. The van der Waals surface area contributed by atoms with Crippen LogP contribution in [0, 0.1) is 0 Å². The third-order valence-corrected chi connectivity index (χ3v) is 8.31. The van der Waals surface area contributed by atoms with Crippen molar-refractivity contribution in [1.82, 2.24) is 0 Å². The maximum Gasteiger partial charge on any atom is 0.306 e. The van der Waals surface area contributed by atoms with Gasteiger partial charge in [-0.3, -0.25) is 9.59 Å². The largest absolute Gasteiger partial charge is 0.544 e. The number of carbonyl (C=O) groups is 3. The van der Waals surface area contributed by atoms with E-state index >= 15 is 0 Å². The first-order chi connectivity index (χ1) is 22.6. The molecule has 0 saturated carbocycles. The zero-order chi connectivity index (χ0) is 35.0. The van der Waals surface area contributed by atoms with Crippen molar-refractivity contribution in [2.75, 3.05) is 41.0 Å². The van der Waals surface area contributed by atoms with Gasteiger partial charge in [-0.15, -0.1) is 0 Å². The van der Waals surface area contributed by atoms with Crippen LogP contribution in [0.2, 0.25) is 0 Å². The number of hydrogen-bond donors (Lipinski definition) is 0. The highest BCUT2D eigenvalue weighted by Crippen LogP contribution is 2.12. The Balaban J connectivity index is 4.46. The van der Waals surface area contributed by atoms with E-state index in [4.69, 9.17) is 14.2 Å². The molecule has 0 aliphatic rings. The Bertz CT molecular complexity index is 834. The molecule has 0 saturated heterocycles. The molecule has 0 fully saturated rings. The van der Waals surface area contributed by atoms with Crippen molar-refractivity contribution in [3.63, 3.8) is 0 Å². The average molecular weight is 666 g/mol. The molecule has 0 rings (SSSR count). The summed E-state index contributed by atoms with van der Waals surface area (Å²) in [6, 6.07) is -0.725. The summed E-state index contributed by atoms with van der Waals surface area (Å²) in [7, 11) is 5.38.